The van der Waals surface area contributed by atoms with E-state index in [2.05, 4.69) is 27.7 Å². The van der Waals surface area contributed by atoms with E-state index < -0.39 is 0 Å². The molecule has 68 valence electrons. The van der Waals surface area contributed by atoms with Crippen LogP contribution in [0, 0.1) is 16.2 Å². The molecule has 0 aromatic carbocycles. The van der Waals surface area contributed by atoms with Gasteiger partial charge in [0.05, 0.1) is 0 Å². The SMILES string of the molecule is CC1(C)CC2(C)CC(=O)CC12C. The number of Topliss-reactive ketones (excluding diaryl/α,β-unsaturated/α-hetero) is 1. The highest BCUT2D eigenvalue weighted by molar-refractivity contribution is 5.83. The largest absolute Gasteiger partial charge is 0.300 e. The Hall–Kier alpha value is -0.330. The molecule has 0 heterocycles. The summed E-state index contributed by atoms with van der Waals surface area (Å²) in [6.07, 6.45) is 2.87. The van der Waals surface area contributed by atoms with E-state index in [0.717, 1.165) is 12.8 Å². The van der Waals surface area contributed by atoms with E-state index in [0.29, 0.717) is 16.6 Å². The molecule has 12 heavy (non-hydrogen) atoms. The van der Waals surface area contributed by atoms with E-state index in [1.54, 1.807) is 0 Å². The fourth-order valence-corrected chi connectivity index (χ4v) is 3.68. The van der Waals surface area contributed by atoms with Crippen molar-refractivity contribution in [1.29, 1.82) is 0 Å². The number of ketones is 1. The van der Waals surface area contributed by atoms with Crippen LogP contribution in [-0.4, -0.2) is 5.78 Å². The van der Waals surface area contributed by atoms with E-state index in [-0.39, 0.29) is 5.41 Å². The molecule has 0 amide bonds. The first kappa shape index (κ1) is 8.28. The van der Waals surface area contributed by atoms with Crippen LogP contribution in [-0.2, 0) is 4.79 Å². The third-order valence-corrected chi connectivity index (χ3v) is 4.80. The Balaban J connectivity index is 2.38. The molecule has 2 fully saturated rings. The zero-order chi connectivity index (χ0) is 9.20. The van der Waals surface area contributed by atoms with Gasteiger partial charge in [0.25, 0.3) is 0 Å². The van der Waals surface area contributed by atoms with Gasteiger partial charge in [0.1, 0.15) is 5.78 Å². The molecule has 2 rings (SSSR count). The fraction of sp³-hybridized carbons (Fsp3) is 0.909. The average molecular weight is 166 g/mol. The van der Waals surface area contributed by atoms with Crippen LogP contribution in [0.1, 0.15) is 47.0 Å². The molecule has 2 aliphatic carbocycles. The molecule has 0 N–H and O–H groups in total. The lowest BCUT2D eigenvalue weighted by Crippen LogP contribution is -2.57. The molecule has 0 aromatic rings. The quantitative estimate of drug-likeness (QED) is 0.541. The van der Waals surface area contributed by atoms with Crippen LogP contribution in [0.2, 0.25) is 0 Å². The molecule has 0 aromatic heterocycles. The van der Waals surface area contributed by atoms with Crippen molar-refractivity contribution in [3.63, 3.8) is 0 Å². The zero-order valence-corrected chi connectivity index (χ0v) is 8.53. The minimum Gasteiger partial charge on any atom is -0.300 e. The zero-order valence-electron chi connectivity index (χ0n) is 8.53. The van der Waals surface area contributed by atoms with E-state index in [9.17, 15) is 4.79 Å². The Bertz CT molecular complexity index is 254. The maximum Gasteiger partial charge on any atom is 0.134 e. The fourth-order valence-electron chi connectivity index (χ4n) is 3.68. The first-order chi connectivity index (χ1) is 5.31. The van der Waals surface area contributed by atoms with Crippen LogP contribution < -0.4 is 0 Å². The normalized spacial score (nSPS) is 50.2. The van der Waals surface area contributed by atoms with Crippen molar-refractivity contribution in [2.24, 2.45) is 16.2 Å². The Labute approximate surface area is 74.5 Å². The Kier molecular flexibility index (Phi) is 1.23. The lowest BCUT2D eigenvalue weighted by Gasteiger charge is -2.64. The Morgan fingerprint density at radius 3 is 2.00 bits per heavy atom. The van der Waals surface area contributed by atoms with Gasteiger partial charge in [0.2, 0.25) is 0 Å². The Morgan fingerprint density at radius 1 is 1.08 bits per heavy atom. The molecule has 2 aliphatic rings. The van der Waals surface area contributed by atoms with Gasteiger partial charge >= 0.3 is 0 Å². The molecule has 0 spiro atoms. The van der Waals surface area contributed by atoms with E-state index in [1.807, 2.05) is 0 Å². The average Bonchev–Trinajstić information content (AvgIpc) is 2.00. The van der Waals surface area contributed by atoms with Gasteiger partial charge in [0.15, 0.2) is 0 Å². The van der Waals surface area contributed by atoms with Crippen LogP contribution in [0.5, 0.6) is 0 Å². The molecule has 0 bridgehead atoms. The molecule has 2 saturated carbocycles. The van der Waals surface area contributed by atoms with Crippen LogP contribution in [0.15, 0.2) is 0 Å². The number of hydrogen-bond donors (Lipinski definition) is 0. The van der Waals surface area contributed by atoms with Crippen molar-refractivity contribution in [1.82, 2.24) is 0 Å². The van der Waals surface area contributed by atoms with Crippen molar-refractivity contribution >= 4 is 5.78 Å². The second-order valence-corrected chi connectivity index (χ2v) is 5.85. The lowest BCUT2D eigenvalue weighted by molar-refractivity contribution is -0.156. The van der Waals surface area contributed by atoms with Crippen molar-refractivity contribution < 1.29 is 4.79 Å². The van der Waals surface area contributed by atoms with E-state index in [1.165, 1.54) is 6.42 Å². The lowest BCUT2D eigenvalue weighted by atomic mass is 9.40. The highest BCUT2D eigenvalue weighted by Gasteiger charge is 2.68. The minimum absolute atomic E-state index is 0.289. The molecule has 0 radical (unpaired) electrons. The van der Waals surface area contributed by atoms with Gasteiger partial charge in [-0.05, 0) is 22.7 Å². The van der Waals surface area contributed by atoms with Crippen molar-refractivity contribution in [3.05, 3.63) is 0 Å². The summed E-state index contributed by atoms with van der Waals surface area (Å²) in [5.41, 5.74) is 0.999. The van der Waals surface area contributed by atoms with Crippen LogP contribution in [0.25, 0.3) is 0 Å². The topological polar surface area (TPSA) is 17.1 Å². The number of carbonyl (C=O) groups excluding carboxylic acids is 1. The maximum absolute atomic E-state index is 11.4. The van der Waals surface area contributed by atoms with Crippen LogP contribution in [0.3, 0.4) is 0 Å². The smallest absolute Gasteiger partial charge is 0.134 e. The predicted molar refractivity (Wildman–Crippen MR) is 48.9 cm³/mol. The second-order valence-electron chi connectivity index (χ2n) is 5.85. The molecule has 0 saturated heterocycles. The highest BCUT2D eigenvalue weighted by atomic mass is 16.1. The van der Waals surface area contributed by atoms with E-state index >= 15 is 0 Å². The second kappa shape index (κ2) is 1.78. The molecule has 0 aliphatic heterocycles. The summed E-state index contributed by atoms with van der Waals surface area (Å²) in [5.74, 6) is 0.477. The van der Waals surface area contributed by atoms with Crippen molar-refractivity contribution in [2.45, 2.75) is 47.0 Å². The van der Waals surface area contributed by atoms with E-state index in [4.69, 9.17) is 0 Å². The number of hydrogen-bond acceptors (Lipinski definition) is 1. The third-order valence-electron chi connectivity index (χ3n) is 4.80. The van der Waals surface area contributed by atoms with Crippen molar-refractivity contribution in [3.8, 4) is 0 Å². The summed E-state index contributed by atoms with van der Waals surface area (Å²) in [7, 11) is 0. The summed E-state index contributed by atoms with van der Waals surface area (Å²) in [5, 5.41) is 0. The summed E-state index contributed by atoms with van der Waals surface area (Å²) in [4.78, 5) is 11.4. The minimum atomic E-state index is 0.289. The van der Waals surface area contributed by atoms with Gasteiger partial charge in [-0.15, -0.1) is 0 Å². The summed E-state index contributed by atoms with van der Waals surface area (Å²) >= 11 is 0. The molecule has 1 nitrogen and oxygen atoms in total. The molecule has 1 heteroatoms. The first-order valence-electron chi connectivity index (χ1n) is 4.83. The molecule has 2 atom stereocenters. The van der Waals surface area contributed by atoms with Gasteiger partial charge in [0, 0.05) is 12.8 Å². The number of fused-ring (bicyclic) bond motifs is 1. The maximum atomic E-state index is 11.4. The highest BCUT2D eigenvalue weighted by Crippen LogP contribution is 2.73. The standard InChI is InChI=1S/C11H18O/c1-9(2)7-10(3)5-8(12)6-11(9,10)4/h5-7H2,1-4H3. The summed E-state index contributed by atoms with van der Waals surface area (Å²) in [6.45, 7) is 9.17. The van der Waals surface area contributed by atoms with Crippen LogP contribution >= 0.6 is 0 Å². The van der Waals surface area contributed by atoms with Gasteiger partial charge in [-0.3, -0.25) is 4.79 Å². The monoisotopic (exact) mass is 166 g/mol. The van der Waals surface area contributed by atoms with Gasteiger partial charge in [-0.2, -0.15) is 0 Å². The van der Waals surface area contributed by atoms with Gasteiger partial charge < -0.3 is 0 Å². The summed E-state index contributed by atoms with van der Waals surface area (Å²) in [6, 6.07) is 0. The van der Waals surface area contributed by atoms with Gasteiger partial charge in [-0.1, -0.05) is 27.7 Å². The third kappa shape index (κ3) is 0.641. The molecule has 2 unspecified atom stereocenters. The summed E-state index contributed by atoms with van der Waals surface area (Å²) < 4.78 is 0. The Morgan fingerprint density at radius 2 is 1.67 bits per heavy atom. The first-order valence-corrected chi connectivity index (χ1v) is 4.83. The van der Waals surface area contributed by atoms with Gasteiger partial charge in [-0.25, -0.2) is 0 Å². The number of carbonyl (C=O) groups is 1. The number of rotatable bonds is 0. The van der Waals surface area contributed by atoms with Crippen molar-refractivity contribution in [2.75, 3.05) is 0 Å². The molecular weight excluding hydrogens is 148 g/mol. The van der Waals surface area contributed by atoms with Crippen LogP contribution in [0.4, 0.5) is 0 Å². The molecular formula is C11H18O. The predicted octanol–water partition coefficient (Wildman–Crippen LogP) is 2.79.